The molecule has 5 heteroatoms. The number of benzene rings is 2. The van der Waals surface area contributed by atoms with Crippen molar-refractivity contribution >= 4 is 24.1 Å². The number of rotatable bonds is 4. The van der Waals surface area contributed by atoms with E-state index >= 15 is 0 Å². The van der Waals surface area contributed by atoms with Gasteiger partial charge in [0.25, 0.3) is 0 Å². The van der Waals surface area contributed by atoms with E-state index in [1.165, 1.54) is 11.1 Å². The first-order valence-electron chi connectivity index (χ1n) is 9.61. The Hall–Kier alpha value is -0.196. The van der Waals surface area contributed by atoms with Crippen molar-refractivity contribution < 1.29 is 43.1 Å². The van der Waals surface area contributed by atoms with Crippen LogP contribution in [0.4, 0.5) is 0 Å². The maximum absolute atomic E-state index is 2.69. The van der Waals surface area contributed by atoms with E-state index in [-0.39, 0.29) is 24.8 Å². The van der Waals surface area contributed by atoms with Crippen LogP contribution in [0.5, 0.6) is 0 Å². The molecular weight excluding hydrogens is 570 g/mol. The van der Waals surface area contributed by atoms with Crippen molar-refractivity contribution in [2.75, 3.05) is 0 Å². The summed E-state index contributed by atoms with van der Waals surface area (Å²) in [4.78, 5) is 0. The Bertz CT molecular complexity index is 789. The zero-order chi connectivity index (χ0) is 17.6. The van der Waals surface area contributed by atoms with Crippen molar-refractivity contribution in [3.05, 3.63) is 82.9 Å². The number of halogens is 2. The van der Waals surface area contributed by atoms with Crippen LogP contribution in [0, 0.1) is 0 Å². The maximum atomic E-state index is 2.69. The molecule has 0 aliphatic heterocycles. The molecule has 2 aliphatic carbocycles. The minimum absolute atomic E-state index is 0. The van der Waals surface area contributed by atoms with Crippen molar-refractivity contribution in [1.82, 2.24) is 0 Å². The van der Waals surface area contributed by atoms with Gasteiger partial charge in [0.05, 0.1) is 0 Å². The van der Waals surface area contributed by atoms with Crippen LogP contribution in [0.1, 0.15) is 29.6 Å². The van der Waals surface area contributed by atoms with Crippen molar-refractivity contribution in [1.29, 1.82) is 0 Å². The van der Waals surface area contributed by atoms with Gasteiger partial charge in [0.15, 0.2) is 0 Å². The van der Waals surface area contributed by atoms with Crippen molar-refractivity contribution in [2.24, 2.45) is 0 Å². The first kappa shape index (κ1) is 23.1. The van der Waals surface area contributed by atoms with E-state index in [1.807, 2.05) is 0 Å². The van der Waals surface area contributed by atoms with Crippen LogP contribution in [-0.2, 0) is 18.3 Å². The Balaban J connectivity index is 0.00000131. The average Bonchev–Trinajstić information content (AvgIpc) is 3.21. The monoisotopic (exact) mass is 598 g/mol. The van der Waals surface area contributed by atoms with Crippen molar-refractivity contribution in [2.45, 2.75) is 33.5 Å². The molecule has 0 nitrogen and oxygen atoms in total. The molecule has 2 aromatic rings. The van der Waals surface area contributed by atoms with Crippen molar-refractivity contribution in [3.8, 4) is 0 Å². The van der Waals surface area contributed by atoms with Gasteiger partial charge in [-0.25, -0.2) is 0 Å². The van der Waals surface area contributed by atoms with E-state index in [9.17, 15) is 0 Å². The van der Waals surface area contributed by atoms with E-state index in [4.69, 9.17) is 0 Å². The van der Waals surface area contributed by atoms with Gasteiger partial charge in [0.2, 0.25) is 0 Å². The molecule has 0 heterocycles. The Morgan fingerprint density at radius 2 is 1.00 bits per heavy atom. The third-order valence-corrected chi connectivity index (χ3v) is 110. The SMILES string of the molecule is C[SiH](C)[Hf+2]([CH]1C=Cc2ccccc21)([CH]1C=Cc2ccccc21)[SiH](C)C.[Cl-].[Cl-]. The molecule has 0 amide bonds. The Morgan fingerprint density at radius 3 is 1.37 bits per heavy atom. The fourth-order valence-electron chi connectivity index (χ4n) is 5.67. The molecule has 0 fully saturated rings. The molecule has 2 aliphatic rings. The summed E-state index contributed by atoms with van der Waals surface area (Å²) in [7, 11) is 0. The van der Waals surface area contributed by atoms with Crippen LogP contribution in [0.15, 0.2) is 60.7 Å². The summed E-state index contributed by atoms with van der Waals surface area (Å²) < 4.78 is 1.62. The van der Waals surface area contributed by atoms with Crippen LogP contribution in [0.25, 0.3) is 12.2 Å². The molecule has 0 radical (unpaired) electrons. The summed E-state index contributed by atoms with van der Waals surface area (Å²) in [5.41, 5.74) is 6.33. The van der Waals surface area contributed by atoms with Gasteiger partial charge in [-0.1, -0.05) is 0 Å². The molecule has 0 saturated carbocycles. The number of fused-ring (bicyclic) bond motifs is 2. The summed E-state index contributed by atoms with van der Waals surface area (Å²) in [5, 5.41) is 0. The number of hydrogen-bond donors (Lipinski definition) is 0. The first-order valence-corrected chi connectivity index (χ1v) is 32.0. The molecule has 2 aromatic carbocycles. The zero-order valence-electron chi connectivity index (χ0n) is 16.5. The summed E-state index contributed by atoms with van der Waals surface area (Å²) in [6, 6.07) is 18.5. The predicted molar refractivity (Wildman–Crippen MR) is 114 cm³/mol. The number of hydrogen-bond acceptors (Lipinski definition) is 0. The van der Waals surface area contributed by atoms with Gasteiger partial charge in [-0.15, -0.1) is 0 Å². The minimum Gasteiger partial charge on any atom is -1.00 e. The molecule has 4 rings (SSSR count). The van der Waals surface area contributed by atoms with E-state index < -0.39 is 30.3 Å². The standard InChI is InChI=1S/2C9H7.2C2H7Si.2ClH.Hf/c2*1-2-5-9-7-3-6-8(9)4-1;2*1-3-2;;;/h2*1-7H;2*3H,1-2H3;2*1H;/q;;;;;;+2/p-2. The Morgan fingerprint density at radius 1 is 0.630 bits per heavy atom. The maximum Gasteiger partial charge on any atom is -1.00 e. The molecule has 2 atom stereocenters. The second-order valence-corrected chi connectivity index (χ2v) is 71.2. The molecule has 27 heavy (non-hydrogen) atoms. The smallest absolute Gasteiger partial charge is 1.00 e. The zero-order valence-corrected chi connectivity index (χ0v) is 23.9. The fraction of sp³-hybridized carbons (Fsp3) is 0.273. The summed E-state index contributed by atoms with van der Waals surface area (Å²) in [6.07, 6.45) is 10.2. The molecule has 0 N–H and O–H groups in total. The van der Waals surface area contributed by atoms with Crippen LogP contribution < -0.4 is 24.8 Å². The van der Waals surface area contributed by atoms with Gasteiger partial charge in [0, 0.05) is 0 Å². The van der Waals surface area contributed by atoms with Crippen LogP contribution >= 0.6 is 0 Å². The average molecular weight is 598 g/mol. The molecule has 0 saturated heterocycles. The Kier molecular flexibility index (Phi) is 7.77. The normalized spacial score (nSPS) is 19.0. The third kappa shape index (κ3) is 3.59. The molecule has 2 unspecified atom stereocenters. The second-order valence-electron chi connectivity index (χ2n) is 8.24. The molecule has 142 valence electrons. The van der Waals surface area contributed by atoms with Gasteiger partial charge in [-0.2, -0.15) is 0 Å². The van der Waals surface area contributed by atoms with E-state index in [0.717, 1.165) is 7.35 Å². The minimum atomic E-state index is -2.64. The third-order valence-electron chi connectivity index (χ3n) is 6.68. The van der Waals surface area contributed by atoms with Crippen molar-refractivity contribution in [3.63, 3.8) is 0 Å². The van der Waals surface area contributed by atoms with Gasteiger partial charge >= 0.3 is 159 Å². The molecule has 0 bridgehead atoms. The summed E-state index contributed by atoms with van der Waals surface area (Å²) >= 11 is -2.64. The van der Waals surface area contributed by atoms with Gasteiger partial charge in [-0.3, -0.25) is 0 Å². The Labute approximate surface area is 182 Å². The van der Waals surface area contributed by atoms with Crippen LogP contribution in [0.2, 0.25) is 26.2 Å². The molecule has 0 aromatic heterocycles. The molecular formula is C22H28Cl2HfSi2. The second kappa shape index (κ2) is 9.08. The summed E-state index contributed by atoms with van der Waals surface area (Å²) in [5.74, 6) is -1.44. The largest absolute Gasteiger partial charge is 1.00 e. The molecule has 0 spiro atoms. The predicted octanol–water partition coefficient (Wildman–Crippen LogP) is -0.349. The van der Waals surface area contributed by atoms with Gasteiger partial charge < -0.3 is 24.8 Å². The van der Waals surface area contributed by atoms with Gasteiger partial charge in [-0.05, 0) is 0 Å². The number of allylic oxidation sites excluding steroid dienone is 2. The van der Waals surface area contributed by atoms with E-state index in [1.54, 1.807) is 11.1 Å². The van der Waals surface area contributed by atoms with E-state index in [0.29, 0.717) is 0 Å². The van der Waals surface area contributed by atoms with Gasteiger partial charge in [0.1, 0.15) is 0 Å². The quantitative estimate of drug-likeness (QED) is 0.423. The fourth-order valence-corrected chi connectivity index (χ4v) is 108. The van der Waals surface area contributed by atoms with Crippen LogP contribution in [0.3, 0.4) is 0 Å². The van der Waals surface area contributed by atoms with Crippen LogP contribution in [-0.4, -0.2) is 12.0 Å². The first-order chi connectivity index (χ1) is 12.1. The topological polar surface area (TPSA) is 0 Å². The summed E-state index contributed by atoms with van der Waals surface area (Å²) in [6.45, 7) is 10.8. The van der Waals surface area contributed by atoms with E-state index in [2.05, 4.69) is 99.0 Å².